The Labute approximate surface area is 154 Å². The predicted molar refractivity (Wildman–Crippen MR) is 96.1 cm³/mol. The van der Waals surface area contributed by atoms with E-state index < -0.39 is 16.8 Å². The molecule has 1 atom stereocenters. The number of hydrogen-bond donors (Lipinski definition) is 1. The lowest BCUT2D eigenvalue weighted by Crippen LogP contribution is -2.37. The second-order valence-corrected chi connectivity index (χ2v) is 7.26. The predicted octanol–water partition coefficient (Wildman–Crippen LogP) is 2.11. The van der Waals surface area contributed by atoms with Crippen molar-refractivity contribution in [3.05, 3.63) is 46.0 Å². The number of nitrogens with one attached hydrogen (secondary N) is 1. The van der Waals surface area contributed by atoms with Crippen LogP contribution in [0.25, 0.3) is 10.9 Å². The molecule has 2 aliphatic heterocycles. The number of nitrogens with zero attached hydrogens (tertiary/aromatic N) is 2. The van der Waals surface area contributed by atoms with Crippen LogP contribution in [0.5, 0.6) is 0 Å². The average Bonchev–Trinajstić information content (AvgIpc) is 2.79. The maximum atomic E-state index is 14.0. The van der Waals surface area contributed by atoms with Crippen LogP contribution in [0, 0.1) is 5.82 Å². The number of likely N-dealkylation sites (tertiary alicyclic amines) is 1. The summed E-state index contributed by atoms with van der Waals surface area (Å²) >= 11 is 0. The van der Waals surface area contributed by atoms with Gasteiger partial charge < -0.3 is 19.5 Å². The van der Waals surface area contributed by atoms with Crippen molar-refractivity contribution in [1.29, 1.82) is 0 Å². The van der Waals surface area contributed by atoms with Gasteiger partial charge in [0.15, 0.2) is 5.43 Å². The van der Waals surface area contributed by atoms with Crippen LogP contribution in [0.15, 0.2) is 29.1 Å². The van der Waals surface area contributed by atoms with E-state index in [0.29, 0.717) is 38.9 Å². The number of aromatic amines is 1. The third kappa shape index (κ3) is 3.05. The highest BCUT2D eigenvalue weighted by Crippen LogP contribution is 2.32. The largest absolute Gasteiger partial charge is 0.441 e. The number of carbonyl (C=O) groups excluding carboxylic acids is 2. The molecule has 7 nitrogen and oxygen atoms in total. The zero-order valence-electron chi connectivity index (χ0n) is 15.0. The Morgan fingerprint density at radius 1 is 1.26 bits per heavy atom. The van der Waals surface area contributed by atoms with Crippen molar-refractivity contribution in [1.82, 2.24) is 14.8 Å². The molecule has 8 heteroatoms. The Balaban J connectivity index is 1.59. The monoisotopic (exact) mass is 373 g/mol. The van der Waals surface area contributed by atoms with Crippen molar-refractivity contribution in [3.8, 4) is 0 Å². The molecular weight excluding hydrogens is 353 g/mol. The van der Waals surface area contributed by atoms with Crippen molar-refractivity contribution in [2.75, 3.05) is 26.7 Å². The summed E-state index contributed by atoms with van der Waals surface area (Å²) in [5, 5.41) is 0.210. The molecule has 1 aromatic carbocycles. The minimum atomic E-state index is -0.574. The van der Waals surface area contributed by atoms with Crippen LogP contribution < -0.4 is 5.43 Å². The van der Waals surface area contributed by atoms with E-state index in [4.69, 9.17) is 4.74 Å². The topological polar surface area (TPSA) is 82.7 Å². The molecule has 0 radical (unpaired) electrons. The molecule has 1 N–H and O–H groups in total. The molecule has 0 saturated carbocycles. The van der Waals surface area contributed by atoms with E-state index in [-0.39, 0.29) is 28.6 Å². The van der Waals surface area contributed by atoms with E-state index in [1.54, 1.807) is 16.8 Å². The van der Waals surface area contributed by atoms with E-state index >= 15 is 0 Å². The van der Waals surface area contributed by atoms with Gasteiger partial charge in [0.1, 0.15) is 17.1 Å². The molecule has 0 bridgehead atoms. The Bertz CT molecular complexity index is 989. The van der Waals surface area contributed by atoms with Gasteiger partial charge in [-0.2, -0.15) is 0 Å². The Hall–Kier alpha value is -2.90. The molecule has 1 unspecified atom stereocenters. The average molecular weight is 373 g/mol. The number of fused-ring (bicyclic) bond motifs is 1. The molecule has 2 amide bonds. The van der Waals surface area contributed by atoms with Crippen molar-refractivity contribution in [3.63, 3.8) is 0 Å². The van der Waals surface area contributed by atoms with Crippen molar-refractivity contribution in [2.24, 2.45) is 0 Å². The smallest absolute Gasteiger partial charge is 0.410 e. The van der Waals surface area contributed by atoms with Gasteiger partial charge in [0.2, 0.25) is 0 Å². The van der Waals surface area contributed by atoms with Gasteiger partial charge in [-0.15, -0.1) is 0 Å². The van der Waals surface area contributed by atoms with Crippen LogP contribution in [-0.2, 0) is 4.74 Å². The molecule has 1 aromatic heterocycles. The summed E-state index contributed by atoms with van der Waals surface area (Å²) in [4.78, 5) is 42.8. The summed E-state index contributed by atoms with van der Waals surface area (Å²) in [6.07, 6.45) is 1.54. The molecule has 2 aromatic rings. The van der Waals surface area contributed by atoms with Gasteiger partial charge in [0, 0.05) is 38.0 Å². The number of H-pyrrole nitrogens is 1. The van der Waals surface area contributed by atoms with Crippen molar-refractivity contribution >= 4 is 22.9 Å². The van der Waals surface area contributed by atoms with Crippen LogP contribution in [0.2, 0.25) is 0 Å². The molecule has 2 saturated heterocycles. The maximum Gasteiger partial charge on any atom is 0.410 e. The van der Waals surface area contributed by atoms with Gasteiger partial charge in [-0.25, -0.2) is 9.18 Å². The first-order valence-corrected chi connectivity index (χ1v) is 8.93. The fraction of sp³-hybridized carbons (Fsp3) is 0.421. The van der Waals surface area contributed by atoms with Crippen LogP contribution in [0.4, 0.5) is 9.18 Å². The Kier molecular flexibility index (Phi) is 4.13. The van der Waals surface area contributed by atoms with E-state index in [9.17, 15) is 18.8 Å². The second kappa shape index (κ2) is 6.37. The number of pyridine rings is 1. The minimum Gasteiger partial charge on any atom is -0.441 e. The lowest BCUT2D eigenvalue weighted by atomic mass is 9.95. The summed E-state index contributed by atoms with van der Waals surface area (Å²) in [7, 11) is 1.69. The quantitative estimate of drug-likeness (QED) is 0.830. The van der Waals surface area contributed by atoms with E-state index in [0.717, 1.165) is 0 Å². The van der Waals surface area contributed by atoms with Crippen molar-refractivity contribution < 1.29 is 18.7 Å². The summed E-state index contributed by atoms with van der Waals surface area (Å²) in [5.41, 5.74) is -0.867. The number of carbonyl (C=O) groups is 2. The molecule has 2 fully saturated rings. The molecule has 142 valence electrons. The first-order valence-electron chi connectivity index (χ1n) is 8.93. The highest BCUT2D eigenvalue weighted by molar-refractivity contribution is 5.95. The molecule has 4 rings (SSSR count). The normalized spacial score (nSPS) is 23.0. The number of ether oxygens (including phenoxy) is 1. The van der Waals surface area contributed by atoms with Crippen LogP contribution in [-0.4, -0.2) is 59.1 Å². The van der Waals surface area contributed by atoms with Gasteiger partial charge in [-0.05, 0) is 25.0 Å². The van der Waals surface area contributed by atoms with Crippen LogP contribution >= 0.6 is 0 Å². The lowest BCUT2D eigenvalue weighted by Gasteiger charge is -2.25. The molecule has 1 spiro atoms. The van der Waals surface area contributed by atoms with Gasteiger partial charge in [-0.1, -0.05) is 6.07 Å². The fourth-order valence-electron chi connectivity index (χ4n) is 3.94. The highest BCUT2D eigenvalue weighted by atomic mass is 19.1. The molecule has 27 heavy (non-hydrogen) atoms. The van der Waals surface area contributed by atoms with Gasteiger partial charge in [-0.3, -0.25) is 9.59 Å². The number of rotatable bonds is 1. The number of hydrogen-bond acceptors (Lipinski definition) is 4. The maximum absolute atomic E-state index is 14.0. The molecule has 2 aliphatic rings. The number of para-hydroxylation sites is 1. The first kappa shape index (κ1) is 17.5. The summed E-state index contributed by atoms with van der Waals surface area (Å²) < 4.78 is 19.6. The number of halogens is 1. The van der Waals surface area contributed by atoms with Crippen LogP contribution in [0.3, 0.4) is 0 Å². The SMILES string of the molecule is CN1CC2(CCCN(C(=O)c3cc(=O)c4cccc(F)c4[nH]3)CC2)OC1=O. The summed E-state index contributed by atoms with van der Waals surface area (Å²) in [5.74, 6) is -0.929. The fourth-order valence-corrected chi connectivity index (χ4v) is 3.94. The van der Waals surface area contributed by atoms with E-state index in [1.165, 1.54) is 24.3 Å². The summed E-state index contributed by atoms with van der Waals surface area (Å²) in [6, 6.07) is 5.44. The van der Waals surface area contributed by atoms with Gasteiger partial charge in [0.25, 0.3) is 5.91 Å². The number of likely N-dealkylation sites (N-methyl/N-ethyl adjacent to an activating group) is 1. The van der Waals surface area contributed by atoms with Crippen molar-refractivity contribution in [2.45, 2.75) is 24.9 Å². The zero-order chi connectivity index (χ0) is 19.2. The zero-order valence-corrected chi connectivity index (χ0v) is 15.0. The Morgan fingerprint density at radius 2 is 2.07 bits per heavy atom. The third-order valence-electron chi connectivity index (χ3n) is 5.37. The Morgan fingerprint density at radius 3 is 2.81 bits per heavy atom. The number of amides is 2. The van der Waals surface area contributed by atoms with Crippen LogP contribution in [0.1, 0.15) is 29.8 Å². The highest BCUT2D eigenvalue weighted by Gasteiger charge is 2.44. The summed E-state index contributed by atoms with van der Waals surface area (Å²) in [6.45, 7) is 1.39. The lowest BCUT2D eigenvalue weighted by molar-refractivity contribution is 0.0438. The molecular formula is C19H20FN3O4. The third-order valence-corrected chi connectivity index (χ3v) is 5.37. The standard InChI is InChI=1S/C19H20FN3O4/c1-22-11-19(27-18(22)26)6-3-8-23(9-7-19)17(25)14-10-15(24)12-4-2-5-13(20)16(12)21-14/h2,4-5,10H,3,6-9,11H2,1H3,(H,21,24). The molecule has 3 heterocycles. The van der Waals surface area contributed by atoms with E-state index in [2.05, 4.69) is 4.98 Å². The van der Waals surface area contributed by atoms with Gasteiger partial charge in [0.05, 0.1) is 12.1 Å². The van der Waals surface area contributed by atoms with Gasteiger partial charge >= 0.3 is 6.09 Å². The van der Waals surface area contributed by atoms with E-state index in [1.807, 2.05) is 0 Å². The first-order chi connectivity index (χ1) is 12.9. The number of aromatic nitrogens is 1. The minimum absolute atomic E-state index is 0.0333. The molecule has 0 aliphatic carbocycles. The second-order valence-electron chi connectivity index (χ2n) is 7.26. The number of benzene rings is 1.